The van der Waals surface area contributed by atoms with Gasteiger partial charge in [0.15, 0.2) is 0 Å². The van der Waals surface area contributed by atoms with Crippen LogP contribution in [0.1, 0.15) is 11.4 Å². The summed E-state index contributed by atoms with van der Waals surface area (Å²) in [5, 5.41) is 0.428. The molecular formula is C12H12ClN3O2. The van der Waals surface area contributed by atoms with Crippen molar-refractivity contribution in [2.24, 2.45) is 5.73 Å². The van der Waals surface area contributed by atoms with Crippen molar-refractivity contribution in [2.75, 3.05) is 0 Å². The SMILES string of the molecule is Cc1nc(Oc2ccc(CN)cc2Cl)cc(=O)[nH]1. The average Bonchev–Trinajstić information content (AvgIpc) is 2.30. The Morgan fingerprint density at radius 2 is 2.22 bits per heavy atom. The Morgan fingerprint density at radius 3 is 2.83 bits per heavy atom. The fraction of sp³-hybridized carbons (Fsp3) is 0.167. The summed E-state index contributed by atoms with van der Waals surface area (Å²) < 4.78 is 5.47. The summed E-state index contributed by atoms with van der Waals surface area (Å²) in [5.74, 6) is 1.12. The third kappa shape index (κ3) is 2.88. The van der Waals surface area contributed by atoms with Gasteiger partial charge in [-0.1, -0.05) is 17.7 Å². The van der Waals surface area contributed by atoms with Crippen LogP contribution in [-0.4, -0.2) is 9.97 Å². The third-order valence-electron chi connectivity index (χ3n) is 2.28. The molecule has 0 bridgehead atoms. The Morgan fingerprint density at radius 1 is 1.44 bits per heavy atom. The highest BCUT2D eigenvalue weighted by Crippen LogP contribution is 2.28. The summed E-state index contributed by atoms with van der Waals surface area (Å²) in [5.41, 5.74) is 6.14. The fourth-order valence-corrected chi connectivity index (χ4v) is 1.71. The molecule has 0 amide bonds. The number of hydrogen-bond acceptors (Lipinski definition) is 4. The Hall–Kier alpha value is -1.85. The lowest BCUT2D eigenvalue weighted by molar-refractivity contribution is 0.459. The molecule has 94 valence electrons. The minimum Gasteiger partial charge on any atom is -0.437 e. The number of ether oxygens (including phenoxy) is 1. The second-order valence-corrected chi connectivity index (χ2v) is 4.15. The molecule has 0 spiro atoms. The van der Waals surface area contributed by atoms with E-state index in [4.69, 9.17) is 22.1 Å². The number of H-pyrrole nitrogens is 1. The molecule has 3 N–H and O–H groups in total. The van der Waals surface area contributed by atoms with Gasteiger partial charge in [-0.05, 0) is 24.6 Å². The van der Waals surface area contributed by atoms with Crippen LogP contribution in [0.2, 0.25) is 5.02 Å². The molecule has 0 aliphatic rings. The number of halogens is 1. The molecule has 0 saturated carbocycles. The zero-order valence-corrected chi connectivity index (χ0v) is 10.5. The molecule has 6 heteroatoms. The Bertz CT molecular complexity index is 625. The normalized spacial score (nSPS) is 10.4. The van der Waals surface area contributed by atoms with E-state index in [9.17, 15) is 4.79 Å². The van der Waals surface area contributed by atoms with Crippen molar-refractivity contribution in [2.45, 2.75) is 13.5 Å². The predicted octanol–water partition coefficient (Wildman–Crippen LogP) is 1.98. The van der Waals surface area contributed by atoms with Crippen LogP contribution >= 0.6 is 11.6 Å². The molecule has 0 aliphatic carbocycles. The van der Waals surface area contributed by atoms with Crippen molar-refractivity contribution in [3.63, 3.8) is 0 Å². The number of hydrogen-bond donors (Lipinski definition) is 2. The number of nitrogens with two attached hydrogens (primary N) is 1. The highest BCUT2D eigenvalue weighted by Gasteiger charge is 2.06. The first-order valence-electron chi connectivity index (χ1n) is 5.33. The second-order valence-electron chi connectivity index (χ2n) is 3.74. The van der Waals surface area contributed by atoms with Gasteiger partial charge in [-0.15, -0.1) is 0 Å². The van der Waals surface area contributed by atoms with Gasteiger partial charge >= 0.3 is 0 Å². The molecule has 0 saturated heterocycles. The zero-order chi connectivity index (χ0) is 13.1. The van der Waals surface area contributed by atoms with Crippen LogP contribution in [0.25, 0.3) is 0 Å². The molecule has 0 fully saturated rings. The summed E-state index contributed by atoms with van der Waals surface area (Å²) in [7, 11) is 0. The van der Waals surface area contributed by atoms with Gasteiger partial charge < -0.3 is 15.5 Å². The molecule has 0 atom stereocenters. The van der Waals surface area contributed by atoms with Gasteiger partial charge in [-0.2, -0.15) is 0 Å². The van der Waals surface area contributed by atoms with E-state index in [1.807, 2.05) is 0 Å². The summed E-state index contributed by atoms with van der Waals surface area (Å²) >= 11 is 6.04. The van der Waals surface area contributed by atoms with E-state index in [1.54, 1.807) is 25.1 Å². The van der Waals surface area contributed by atoms with Crippen molar-refractivity contribution >= 4 is 11.6 Å². The van der Waals surface area contributed by atoms with Crippen molar-refractivity contribution in [1.29, 1.82) is 0 Å². The highest BCUT2D eigenvalue weighted by molar-refractivity contribution is 6.32. The van der Waals surface area contributed by atoms with Crippen LogP contribution in [0.3, 0.4) is 0 Å². The van der Waals surface area contributed by atoms with Gasteiger partial charge in [0.2, 0.25) is 5.88 Å². The topological polar surface area (TPSA) is 81.0 Å². The maximum absolute atomic E-state index is 11.3. The quantitative estimate of drug-likeness (QED) is 0.889. The van der Waals surface area contributed by atoms with Crippen LogP contribution in [0.4, 0.5) is 0 Å². The number of rotatable bonds is 3. The maximum atomic E-state index is 11.3. The first-order chi connectivity index (χ1) is 8.58. The molecular weight excluding hydrogens is 254 g/mol. The van der Waals surface area contributed by atoms with Gasteiger partial charge in [0.1, 0.15) is 11.6 Å². The first kappa shape index (κ1) is 12.6. The fourth-order valence-electron chi connectivity index (χ4n) is 1.47. The molecule has 0 radical (unpaired) electrons. The molecule has 2 aromatic rings. The summed E-state index contributed by atoms with van der Waals surface area (Å²) in [4.78, 5) is 17.8. The molecule has 1 heterocycles. The van der Waals surface area contributed by atoms with Crippen LogP contribution in [0.5, 0.6) is 11.6 Å². The largest absolute Gasteiger partial charge is 0.437 e. The molecule has 18 heavy (non-hydrogen) atoms. The van der Waals surface area contributed by atoms with Gasteiger partial charge in [-0.3, -0.25) is 4.79 Å². The van der Waals surface area contributed by atoms with E-state index < -0.39 is 0 Å². The molecule has 1 aromatic carbocycles. The number of aromatic nitrogens is 2. The van der Waals surface area contributed by atoms with E-state index in [-0.39, 0.29) is 11.4 Å². The number of benzene rings is 1. The van der Waals surface area contributed by atoms with E-state index >= 15 is 0 Å². The predicted molar refractivity (Wildman–Crippen MR) is 69.0 cm³/mol. The number of nitrogens with zero attached hydrogens (tertiary/aromatic N) is 1. The molecule has 0 aliphatic heterocycles. The van der Waals surface area contributed by atoms with E-state index in [0.29, 0.717) is 23.1 Å². The van der Waals surface area contributed by atoms with Crippen molar-refractivity contribution in [3.05, 3.63) is 51.0 Å². The monoisotopic (exact) mass is 265 g/mol. The van der Waals surface area contributed by atoms with Crippen molar-refractivity contribution in [1.82, 2.24) is 9.97 Å². The zero-order valence-electron chi connectivity index (χ0n) is 9.74. The minimum atomic E-state index is -0.271. The van der Waals surface area contributed by atoms with Crippen LogP contribution < -0.4 is 16.0 Å². The number of aryl methyl sites for hydroxylation is 1. The van der Waals surface area contributed by atoms with Crippen molar-refractivity contribution < 1.29 is 4.74 Å². The first-order valence-corrected chi connectivity index (χ1v) is 5.70. The summed E-state index contributed by atoms with van der Waals surface area (Å²) in [6.07, 6.45) is 0. The minimum absolute atomic E-state index is 0.207. The van der Waals surface area contributed by atoms with E-state index in [1.165, 1.54) is 6.07 Å². The van der Waals surface area contributed by atoms with Crippen LogP contribution in [-0.2, 0) is 6.54 Å². The lowest BCUT2D eigenvalue weighted by Crippen LogP contribution is -2.08. The Labute approximate surface area is 109 Å². The average molecular weight is 266 g/mol. The number of nitrogens with one attached hydrogen (secondary N) is 1. The van der Waals surface area contributed by atoms with E-state index in [0.717, 1.165) is 5.56 Å². The van der Waals surface area contributed by atoms with Crippen LogP contribution in [0, 0.1) is 6.92 Å². The Kier molecular flexibility index (Phi) is 3.64. The molecule has 1 aromatic heterocycles. The van der Waals surface area contributed by atoms with Crippen molar-refractivity contribution in [3.8, 4) is 11.6 Å². The third-order valence-corrected chi connectivity index (χ3v) is 2.58. The summed E-state index contributed by atoms with van der Waals surface area (Å²) in [6, 6.07) is 6.49. The number of aromatic amines is 1. The van der Waals surface area contributed by atoms with Crippen LogP contribution in [0.15, 0.2) is 29.1 Å². The summed E-state index contributed by atoms with van der Waals surface area (Å²) in [6.45, 7) is 2.08. The van der Waals surface area contributed by atoms with Gasteiger partial charge in [-0.25, -0.2) is 4.98 Å². The van der Waals surface area contributed by atoms with E-state index in [2.05, 4.69) is 9.97 Å². The smallest absolute Gasteiger partial charge is 0.254 e. The maximum Gasteiger partial charge on any atom is 0.254 e. The lowest BCUT2D eigenvalue weighted by Gasteiger charge is -2.07. The van der Waals surface area contributed by atoms with Gasteiger partial charge in [0, 0.05) is 6.54 Å². The lowest BCUT2D eigenvalue weighted by atomic mass is 10.2. The highest BCUT2D eigenvalue weighted by atomic mass is 35.5. The molecule has 0 unspecified atom stereocenters. The standard InChI is InChI=1S/C12H12ClN3O2/c1-7-15-11(17)5-12(16-7)18-10-3-2-8(6-14)4-9(10)13/h2-5H,6,14H2,1H3,(H,15,16,17). The van der Waals surface area contributed by atoms with Gasteiger partial charge in [0.05, 0.1) is 11.1 Å². The van der Waals surface area contributed by atoms with Gasteiger partial charge in [0.25, 0.3) is 5.56 Å². The second kappa shape index (κ2) is 5.20. The molecule has 5 nitrogen and oxygen atoms in total. The Balaban J connectivity index is 2.31. The molecule has 2 rings (SSSR count).